The molecule has 148 valence electrons. The quantitative estimate of drug-likeness (QED) is 0.619. The van der Waals surface area contributed by atoms with Gasteiger partial charge in [0.2, 0.25) is 0 Å². The highest BCUT2D eigenvalue weighted by Crippen LogP contribution is 2.28. The van der Waals surface area contributed by atoms with Gasteiger partial charge >= 0.3 is 5.97 Å². The number of benzene rings is 1. The molecule has 0 amide bonds. The lowest BCUT2D eigenvalue weighted by Gasteiger charge is -2.18. The summed E-state index contributed by atoms with van der Waals surface area (Å²) in [5, 5.41) is 18.0. The number of aromatic nitrogens is 3. The molecule has 7 heteroatoms. The molecule has 2 aromatic rings. The summed E-state index contributed by atoms with van der Waals surface area (Å²) in [5.74, 6) is -0.243. The Bertz CT molecular complexity index is 743. The van der Waals surface area contributed by atoms with Crippen LogP contribution in [-0.4, -0.2) is 32.7 Å². The van der Waals surface area contributed by atoms with Gasteiger partial charge in [-0.05, 0) is 56.2 Å². The number of nitrogens with zero attached hydrogens (tertiary/aromatic N) is 3. The number of nitrogens with two attached hydrogens (primary N) is 1. The summed E-state index contributed by atoms with van der Waals surface area (Å²) in [7, 11) is 0. The first kappa shape index (κ1) is 21.1. The normalized spacial score (nSPS) is 12.4. The Morgan fingerprint density at radius 3 is 2.70 bits per heavy atom. The summed E-state index contributed by atoms with van der Waals surface area (Å²) in [6.45, 7) is 6.57. The van der Waals surface area contributed by atoms with Crippen LogP contribution in [0.4, 0.5) is 0 Å². The molecule has 1 atom stereocenters. The summed E-state index contributed by atoms with van der Waals surface area (Å²) in [5.41, 5.74) is 9.35. The van der Waals surface area contributed by atoms with Crippen LogP contribution in [0.1, 0.15) is 68.0 Å². The molecule has 2 rings (SSSR count). The van der Waals surface area contributed by atoms with Gasteiger partial charge in [-0.3, -0.25) is 4.79 Å². The molecule has 1 unspecified atom stereocenters. The van der Waals surface area contributed by atoms with Crippen molar-refractivity contribution in [1.29, 1.82) is 0 Å². The molecule has 0 aliphatic rings. The van der Waals surface area contributed by atoms with E-state index in [1.807, 2.05) is 29.1 Å². The molecule has 0 radical (unpaired) electrons. The first-order valence-electron chi connectivity index (χ1n) is 9.47. The van der Waals surface area contributed by atoms with Gasteiger partial charge in [0.1, 0.15) is 0 Å². The minimum absolute atomic E-state index is 0.0228. The number of rotatable bonds is 10. The molecule has 0 saturated heterocycles. The fraction of sp³-hybridized carbons (Fsp3) is 0.550. The standard InChI is InChI=1S/C20H30N4O3/c1-4-27-20(26)10-16(7-8-19-12-24(14(2)3)23-22-19)15-5-6-17(11-21)18(9-15)13-25/h5-6,9,12,14,16,25H,4,7-8,10-11,13,21H2,1-3H3. The highest BCUT2D eigenvalue weighted by atomic mass is 16.5. The van der Waals surface area contributed by atoms with Crippen molar-refractivity contribution >= 4 is 5.97 Å². The smallest absolute Gasteiger partial charge is 0.306 e. The Balaban J connectivity index is 2.18. The topological polar surface area (TPSA) is 103 Å². The number of aliphatic hydroxyl groups is 1. The van der Waals surface area contributed by atoms with E-state index in [1.165, 1.54) is 0 Å². The van der Waals surface area contributed by atoms with Crippen LogP contribution in [0.3, 0.4) is 0 Å². The first-order valence-corrected chi connectivity index (χ1v) is 9.47. The van der Waals surface area contributed by atoms with E-state index in [0.717, 1.165) is 28.8 Å². The van der Waals surface area contributed by atoms with Crippen LogP contribution in [0.2, 0.25) is 0 Å². The number of hydrogen-bond acceptors (Lipinski definition) is 6. The van der Waals surface area contributed by atoms with Crippen LogP contribution in [0.25, 0.3) is 0 Å². The van der Waals surface area contributed by atoms with Gasteiger partial charge in [0.05, 0.1) is 25.3 Å². The number of ether oxygens (including phenoxy) is 1. The monoisotopic (exact) mass is 374 g/mol. The van der Waals surface area contributed by atoms with Crippen molar-refractivity contribution in [2.24, 2.45) is 5.73 Å². The molecule has 0 aliphatic heterocycles. The van der Waals surface area contributed by atoms with Gasteiger partial charge in [0.15, 0.2) is 0 Å². The van der Waals surface area contributed by atoms with E-state index in [-0.39, 0.29) is 24.5 Å². The minimum atomic E-state index is -0.221. The Hall–Kier alpha value is -2.25. The molecule has 0 bridgehead atoms. The SMILES string of the molecule is CCOC(=O)CC(CCc1cn(C(C)C)nn1)c1ccc(CN)c(CO)c1. The van der Waals surface area contributed by atoms with Crippen LogP contribution in [0.15, 0.2) is 24.4 Å². The molecule has 0 spiro atoms. The second kappa shape index (κ2) is 10.2. The molecular weight excluding hydrogens is 344 g/mol. The second-order valence-corrected chi connectivity index (χ2v) is 6.92. The number of esters is 1. The predicted octanol–water partition coefficient (Wildman–Crippen LogP) is 2.48. The van der Waals surface area contributed by atoms with E-state index < -0.39 is 0 Å². The first-order chi connectivity index (χ1) is 13.0. The Labute approximate surface area is 160 Å². The van der Waals surface area contributed by atoms with E-state index in [4.69, 9.17) is 10.5 Å². The van der Waals surface area contributed by atoms with Crippen LogP contribution in [0, 0.1) is 0 Å². The number of carbonyl (C=O) groups is 1. The summed E-state index contributed by atoms with van der Waals surface area (Å²) in [4.78, 5) is 12.1. The molecule has 0 saturated carbocycles. The third-order valence-corrected chi connectivity index (χ3v) is 4.65. The zero-order chi connectivity index (χ0) is 19.8. The van der Waals surface area contributed by atoms with Gasteiger partial charge in [-0.25, -0.2) is 4.68 Å². The Kier molecular flexibility index (Phi) is 7.94. The molecule has 0 aliphatic carbocycles. The maximum Gasteiger partial charge on any atom is 0.306 e. The van der Waals surface area contributed by atoms with Crippen molar-refractivity contribution in [2.45, 2.75) is 65.1 Å². The number of hydrogen-bond donors (Lipinski definition) is 2. The Morgan fingerprint density at radius 1 is 1.33 bits per heavy atom. The third kappa shape index (κ3) is 5.87. The lowest BCUT2D eigenvalue weighted by molar-refractivity contribution is -0.143. The van der Waals surface area contributed by atoms with Gasteiger partial charge < -0.3 is 15.6 Å². The molecule has 1 heterocycles. The van der Waals surface area contributed by atoms with Gasteiger partial charge in [-0.2, -0.15) is 0 Å². The van der Waals surface area contributed by atoms with Gasteiger partial charge in [0.25, 0.3) is 0 Å². The van der Waals surface area contributed by atoms with Crippen molar-refractivity contribution < 1.29 is 14.6 Å². The van der Waals surface area contributed by atoms with Crippen molar-refractivity contribution in [3.05, 3.63) is 46.8 Å². The van der Waals surface area contributed by atoms with Gasteiger partial charge in [-0.1, -0.05) is 23.4 Å². The molecule has 3 N–H and O–H groups in total. The van der Waals surface area contributed by atoms with E-state index in [1.54, 1.807) is 6.92 Å². The highest BCUT2D eigenvalue weighted by molar-refractivity contribution is 5.70. The van der Waals surface area contributed by atoms with Crippen molar-refractivity contribution in [3.63, 3.8) is 0 Å². The third-order valence-electron chi connectivity index (χ3n) is 4.65. The molecular formula is C20H30N4O3. The lowest BCUT2D eigenvalue weighted by atomic mass is 9.88. The zero-order valence-electron chi connectivity index (χ0n) is 16.4. The molecule has 0 fully saturated rings. The molecule has 7 nitrogen and oxygen atoms in total. The summed E-state index contributed by atoms with van der Waals surface area (Å²) in [6.07, 6.45) is 3.69. The van der Waals surface area contributed by atoms with Gasteiger partial charge in [0, 0.05) is 18.8 Å². The Morgan fingerprint density at radius 2 is 2.11 bits per heavy atom. The van der Waals surface area contributed by atoms with Crippen LogP contribution >= 0.6 is 0 Å². The van der Waals surface area contributed by atoms with Crippen molar-refractivity contribution in [2.75, 3.05) is 6.61 Å². The maximum atomic E-state index is 12.1. The lowest BCUT2D eigenvalue weighted by Crippen LogP contribution is -2.12. The molecule has 1 aromatic heterocycles. The van der Waals surface area contributed by atoms with Gasteiger partial charge in [-0.15, -0.1) is 5.10 Å². The summed E-state index contributed by atoms with van der Waals surface area (Å²) >= 11 is 0. The minimum Gasteiger partial charge on any atom is -0.466 e. The van der Waals surface area contributed by atoms with E-state index in [0.29, 0.717) is 26.0 Å². The average Bonchev–Trinajstić information content (AvgIpc) is 3.14. The largest absolute Gasteiger partial charge is 0.466 e. The number of carbonyl (C=O) groups excluding carboxylic acids is 1. The maximum absolute atomic E-state index is 12.1. The average molecular weight is 374 g/mol. The summed E-state index contributed by atoms with van der Waals surface area (Å²) < 4.78 is 6.97. The fourth-order valence-corrected chi connectivity index (χ4v) is 3.06. The van der Waals surface area contributed by atoms with Crippen LogP contribution in [-0.2, 0) is 29.1 Å². The number of aryl methyl sites for hydroxylation is 1. The van der Waals surface area contributed by atoms with Crippen molar-refractivity contribution in [1.82, 2.24) is 15.0 Å². The van der Waals surface area contributed by atoms with Crippen LogP contribution in [0.5, 0.6) is 0 Å². The second-order valence-electron chi connectivity index (χ2n) is 6.92. The van der Waals surface area contributed by atoms with Crippen LogP contribution < -0.4 is 5.73 Å². The predicted molar refractivity (Wildman–Crippen MR) is 103 cm³/mol. The summed E-state index contributed by atoms with van der Waals surface area (Å²) in [6, 6.07) is 6.11. The highest BCUT2D eigenvalue weighted by Gasteiger charge is 2.19. The number of aliphatic hydroxyl groups excluding tert-OH is 1. The van der Waals surface area contributed by atoms with Crippen molar-refractivity contribution in [3.8, 4) is 0 Å². The van der Waals surface area contributed by atoms with E-state index in [2.05, 4.69) is 24.2 Å². The zero-order valence-corrected chi connectivity index (χ0v) is 16.4. The molecule has 1 aromatic carbocycles. The van der Waals surface area contributed by atoms with E-state index in [9.17, 15) is 9.90 Å². The molecule has 27 heavy (non-hydrogen) atoms. The van der Waals surface area contributed by atoms with E-state index >= 15 is 0 Å². The fourth-order valence-electron chi connectivity index (χ4n) is 3.06.